The minimum absolute atomic E-state index is 0.159. The molecule has 0 atom stereocenters. The summed E-state index contributed by atoms with van der Waals surface area (Å²) in [5, 5.41) is 10.8. The number of hydrogen-bond donors (Lipinski definition) is 0. The van der Waals surface area contributed by atoms with Crippen molar-refractivity contribution in [1.82, 2.24) is 18.9 Å². The molecule has 1 aromatic carbocycles. The first kappa shape index (κ1) is 19.1. The van der Waals surface area contributed by atoms with Crippen LogP contribution in [0.4, 0.5) is 0 Å². The van der Waals surface area contributed by atoms with Gasteiger partial charge in [-0.05, 0) is 54.4 Å². The van der Waals surface area contributed by atoms with Crippen LogP contribution in [-0.4, -0.2) is 18.9 Å². The molecule has 0 radical (unpaired) electrons. The molecule has 150 valence electrons. The van der Waals surface area contributed by atoms with Crippen molar-refractivity contribution in [3.63, 3.8) is 0 Å². The zero-order valence-electron chi connectivity index (χ0n) is 16.7. The van der Waals surface area contributed by atoms with Gasteiger partial charge in [0, 0.05) is 24.3 Å². The Bertz CT molecular complexity index is 1540. The van der Waals surface area contributed by atoms with Crippen LogP contribution >= 0.6 is 11.8 Å². The molecule has 5 aromatic rings. The van der Waals surface area contributed by atoms with Crippen LogP contribution in [0, 0.1) is 18.3 Å². The zero-order valence-corrected chi connectivity index (χ0v) is 17.5. The van der Waals surface area contributed by atoms with E-state index in [2.05, 4.69) is 11.1 Å². The van der Waals surface area contributed by atoms with E-state index in [1.807, 2.05) is 72.2 Å². The lowest BCUT2D eigenvalue weighted by molar-refractivity contribution is 0.794. The molecule has 0 bridgehead atoms. The van der Waals surface area contributed by atoms with E-state index in [9.17, 15) is 10.1 Å². The summed E-state index contributed by atoms with van der Waals surface area (Å²) >= 11 is 1.42. The molecule has 0 saturated carbocycles. The normalized spacial score (nSPS) is 11.1. The van der Waals surface area contributed by atoms with Gasteiger partial charge in [0.25, 0.3) is 5.56 Å². The van der Waals surface area contributed by atoms with E-state index in [0.29, 0.717) is 33.2 Å². The highest BCUT2D eigenvalue weighted by Crippen LogP contribution is 2.28. The predicted molar refractivity (Wildman–Crippen MR) is 122 cm³/mol. The Morgan fingerprint density at radius 1 is 1.13 bits per heavy atom. The Morgan fingerprint density at radius 2 is 1.97 bits per heavy atom. The first-order chi connectivity index (χ1) is 15.2. The van der Waals surface area contributed by atoms with Crippen molar-refractivity contribution in [1.29, 1.82) is 5.26 Å². The van der Waals surface area contributed by atoms with Crippen LogP contribution in [0.25, 0.3) is 22.2 Å². The fourth-order valence-corrected chi connectivity index (χ4v) is 4.58. The second kappa shape index (κ2) is 7.74. The molecule has 4 heterocycles. The second-order valence-corrected chi connectivity index (χ2v) is 8.11. The van der Waals surface area contributed by atoms with Crippen molar-refractivity contribution < 1.29 is 0 Å². The Labute approximate surface area is 182 Å². The lowest BCUT2D eigenvalue weighted by Gasteiger charge is -2.12. The summed E-state index contributed by atoms with van der Waals surface area (Å²) in [5.74, 6) is 1.04. The molecule has 6 nitrogen and oxygen atoms in total. The predicted octanol–water partition coefficient (Wildman–Crippen LogP) is 4.51. The molecule has 0 aliphatic heterocycles. The SMILES string of the molecule is Cc1ccnc(-n2c(SCc3cn4ccccc4c3C#N)nc3ccccc3c2=O)c1. The van der Waals surface area contributed by atoms with Gasteiger partial charge in [-0.2, -0.15) is 5.26 Å². The molecule has 5 rings (SSSR count). The van der Waals surface area contributed by atoms with Gasteiger partial charge in [0.15, 0.2) is 5.16 Å². The zero-order chi connectivity index (χ0) is 21.4. The van der Waals surface area contributed by atoms with Crippen molar-refractivity contribution in [2.24, 2.45) is 0 Å². The van der Waals surface area contributed by atoms with Gasteiger partial charge in [-0.3, -0.25) is 4.79 Å². The van der Waals surface area contributed by atoms with Crippen LogP contribution in [0.1, 0.15) is 16.7 Å². The number of hydrogen-bond acceptors (Lipinski definition) is 5. The third-order valence-electron chi connectivity index (χ3n) is 5.11. The van der Waals surface area contributed by atoms with E-state index in [0.717, 1.165) is 16.6 Å². The first-order valence-electron chi connectivity index (χ1n) is 9.72. The number of rotatable bonds is 4. The highest BCUT2D eigenvalue weighted by atomic mass is 32.2. The van der Waals surface area contributed by atoms with E-state index in [1.165, 1.54) is 11.8 Å². The standard InChI is InChI=1S/C24H17N5OS/c1-16-9-10-26-22(12-16)29-23(30)18-6-2-3-7-20(18)27-24(29)31-15-17-14-28-11-5-4-8-21(28)19(17)13-25/h2-12,14H,15H2,1H3. The summed E-state index contributed by atoms with van der Waals surface area (Å²) < 4.78 is 3.50. The van der Waals surface area contributed by atoms with Crippen molar-refractivity contribution in [3.05, 3.63) is 100 Å². The third kappa shape index (κ3) is 3.37. The maximum atomic E-state index is 13.3. The average molecular weight is 424 g/mol. The summed E-state index contributed by atoms with van der Waals surface area (Å²) in [4.78, 5) is 22.5. The van der Waals surface area contributed by atoms with Gasteiger partial charge < -0.3 is 4.40 Å². The topological polar surface area (TPSA) is 76.0 Å². The Morgan fingerprint density at radius 3 is 2.81 bits per heavy atom. The number of fused-ring (bicyclic) bond motifs is 2. The third-order valence-corrected chi connectivity index (χ3v) is 6.09. The fourth-order valence-electron chi connectivity index (χ4n) is 3.61. The largest absolute Gasteiger partial charge is 0.322 e. The highest BCUT2D eigenvalue weighted by molar-refractivity contribution is 7.98. The molecular weight excluding hydrogens is 406 g/mol. The molecule has 0 saturated heterocycles. The van der Waals surface area contributed by atoms with Crippen molar-refractivity contribution in [2.75, 3.05) is 0 Å². The quantitative estimate of drug-likeness (QED) is 0.314. The Kier molecular flexibility index (Phi) is 4.77. The highest BCUT2D eigenvalue weighted by Gasteiger charge is 2.16. The maximum Gasteiger partial charge on any atom is 0.267 e. The smallest absolute Gasteiger partial charge is 0.267 e. The maximum absolute atomic E-state index is 13.3. The monoisotopic (exact) mass is 423 g/mol. The van der Waals surface area contributed by atoms with Gasteiger partial charge in [-0.25, -0.2) is 14.5 Å². The van der Waals surface area contributed by atoms with Gasteiger partial charge in [-0.15, -0.1) is 0 Å². The molecule has 4 aromatic heterocycles. The van der Waals surface area contributed by atoms with Crippen LogP contribution in [0.15, 0.2) is 83.1 Å². The summed E-state index contributed by atoms with van der Waals surface area (Å²) in [6.07, 6.45) is 5.57. The summed E-state index contributed by atoms with van der Waals surface area (Å²) in [5.41, 5.74) is 3.88. The van der Waals surface area contributed by atoms with Crippen LogP contribution in [-0.2, 0) is 5.75 Å². The molecule has 0 spiro atoms. The molecule has 0 aliphatic carbocycles. The van der Waals surface area contributed by atoms with Crippen molar-refractivity contribution >= 4 is 28.2 Å². The molecule has 0 amide bonds. The van der Waals surface area contributed by atoms with Gasteiger partial charge >= 0.3 is 0 Å². The van der Waals surface area contributed by atoms with Gasteiger partial charge in [0.2, 0.25) is 0 Å². The van der Waals surface area contributed by atoms with E-state index in [4.69, 9.17) is 4.98 Å². The number of aryl methyl sites for hydroxylation is 1. The average Bonchev–Trinajstić information content (AvgIpc) is 3.15. The molecular formula is C24H17N5OS. The molecule has 0 N–H and O–H groups in total. The van der Waals surface area contributed by atoms with Gasteiger partial charge in [0.05, 0.1) is 22.0 Å². The van der Waals surface area contributed by atoms with Crippen LogP contribution < -0.4 is 5.56 Å². The summed E-state index contributed by atoms with van der Waals surface area (Å²) in [7, 11) is 0. The van der Waals surface area contributed by atoms with Crippen molar-refractivity contribution in [2.45, 2.75) is 17.8 Å². The van der Waals surface area contributed by atoms with Crippen LogP contribution in [0.2, 0.25) is 0 Å². The minimum Gasteiger partial charge on any atom is -0.322 e. The number of aromatic nitrogens is 4. The Hall–Kier alpha value is -3.89. The van der Waals surface area contributed by atoms with Gasteiger partial charge in [-0.1, -0.05) is 30.0 Å². The number of pyridine rings is 2. The molecule has 7 heteroatoms. The van der Waals surface area contributed by atoms with E-state index < -0.39 is 0 Å². The number of nitrogens with zero attached hydrogens (tertiary/aromatic N) is 5. The first-order valence-corrected chi connectivity index (χ1v) is 10.7. The number of benzene rings is 1. The fraction of sp³-hybridized carbons (Fsp3) is 0.0833. The van der Waals surface area contributed by atoms with E-state index >= 15 is 0 Å². The lowest BCUT2D eigenvalue weighted by atomic mass is 10.2. The minimum atomic E-state index is -0.159. The molecule has 0 fully saturated rings. The van der Waals surface area contributed by atoms with Crippen LogP contribution in [0.3, 0.4) is 0 Å². The van der Waals surface area contributed by atoms with Crippen molar-refractivity contribution in [3.8, 4) is 11.9 Å². The molecule has 0 unspecified atom stereocenters. The van der Waals surface area contributed by atoms with Crippen LogP contribution in [0.5, 0.6) is 0 Å². The number of thioether (sulfide) groups is 1. The molecule has 31 heavy (non-hydrogen) atoms. The summed E-state index contributed by atoms with van der Waals surface area (Å²) in [6, 6.07) is 19.2. The second-order valence-electron chi connectivity index (χ2n) is 7.17. The molecule has 0 aliphatic rings. The van der Waals surface area contributed by atoms with E-state index in [1.54, 1.807) is 16.8 Å². The lowest BCUT2D eigenvalue weighted by Crippen LogP contribution is -2.22. The van der Waals surface area contributed by atoms with Gasteiger partial charge in [0.1, 0.15) is 11.9 Å². The number of nitriles is 1. The van der Waals surface area contributed by atoms with E-state index in [-0.39, 0.29) is 5.56 Å². The number of para-hydroxylation sites is 1. The Balaban J connectivity index is 1.64. The summed E-state index contributed by atoms with van der Waals surface area (Å²) in [6.45, 7) is 1.96.